The van der Waals surface area contributed by atoms with E-state index in [4.69, 9.17) is 10.5 Å². The molecule has 0 heterocycles. The third-order valence-corrected chi connectivity index (χ3v) is 3.42. The molecule has 0 aliphatic carbocycles. The zero-order chi connectivity index (χ0) is 15.4. The zero-order valence-electron chi connectivity index (χ0n) is 12.5. The zero-order valence-corrected chi connectivity index (χ0v) is 12.5. The molecular formula is C17H20N2O2. The first-order valence-electron chi connectivity index (χ1n) is 6.82. The van der Waals surface area contributed by atoms with Crippen LogP contribution in [0.15, 0.2) is 42.5 Å². The van der Waals surface area contributed by atoms with Gasteiger partial charge < -0.3 is 15.8 Å². The normalized spacial score (nSPS) is 11.8. The van der Waals surface area contributed by atoms with E-state index in [0.717, 1.165) is 11.3 Å². The average molecular weight is 284 g/mol. The largest absolute Gasteiger partial charge is 0.465 e. The summed E-state index contributed by atoms with van der Waals surface area (Å²) >= 11 is 0. The Bertz CT molecular complexity index is 636. The van der Waals surface area contributed by atoms with E-state index in [0.29, 0.717) is 11.3 Å². The van der Waals surface area contributed by atoms with Gasteiger partial charge in [-0.3, -0.25) is 0 Å². The number of methoxy groups -OCH3 is 1. The molecule has 4 heteroatoms. The van der Waals surface area contributed by atoms with Gasteiger partial charge in [-0.05, 0) is 37.6 Å². The lowest BCUT2D eigenvalue weighted by atomic mass is 10.1. The van der Waals surface area contributed by atoms with E-state index < -0.39 is 0 Å². The van der Waals surface area contributed by atoms with Crippen LogP contribution in [-0.2, 0) is 4.74 Å². The van der Waals surface area contributed by atoms with Crippen molar-refractivity contribution in [3.05, 3.63) is 59.2 Å². The van der Waals surface area contributed by atoms with E-state index in [1.807, 2.05) is 0 Å². The van der Waals surface area contributed by atoms with Gasteiger partial charge in [0.1, 0.15) is 0 Å². The molecule has 4 nitrogen and oxygen atoms in total. The second-order valence-electron chi connectivity index (χ2n) is 5.07. The van der Waals surface area contributed by atoms with Gasteiger partial charge in [-0.1, -0.05) is 29.8 Å². The molecule has 2 rings (SSSR count). The maximum atomic E-state index is 11.6. The standard InChI is InChI=1S/C17H20N2O2/c1-11-4-6-13(7-5-11)12(2)19-16-10-14(17(20)21-3)8-9-15(16)18/h4-10,12,19H,18H2,1-3H3. The van der Waals surface area contributed by atoms with Crippen molar-refractivity contribution in [1.29, 1.82) is 0 Å². The van der Waals surface area contributed by atoms with Crippen molar-refractivity contribution < 1.29 is 9.53 Å². The van der Waals surface area contributed by atoms with Gasteiger partial charge in [0, 0.05) is 6.04 Å². The number of ether oxygens (including phenoxy) is 1. The van der Waals surface area contributed by atoms with Crippen molar-refractivity contribution >= 4 is 17.3 Å². The minimum atomic E-state index is -0.374. The third kappa shape index (κ3) is 3.54. The van der Waals surface area contributed by atoms with Gasteiger partial charge >= 0.3 is 5.97 Å². The van der Waals surface area contributed by atoms with E-state index in [2.05, 4.69) is 43.4 Å². The summed E-state index contributed by atoms with van der Waals surface area (Å²) in [5.74, 6) is -0.374. The molecule has 0 amide bonds. The van der Waals surface area contributed by atoms with Gasteiger partial charge in [0.2, 0.25) is 0 Å². The molecule has 0 saturated heterocycles. The predicted octanol–water partition coefficient (Wildman–Crippen LogP) is 3.54. The summed E-state index contributed by atoms with van der Waals surface area (Å²) in [5.41, 5.74) is 10.1. The van der Waals surface area contributed by atoms with Crippen LogP contribution in [0.5, 0.6) is 0 Å². The second-order valence-corrected chi connectivity index (χ2v) is 5.07. The first-order valence-corrected chi connectivity index (χ1v) is 6.82. The van der Waals surface area contributed by atoms with Gasteiger partial charge in [0.25, 0.3) is 0 Å². The maximum absolute atomic E-state index is 11.6. The highest BCUT2D eigenvalue weighted by molar-refractivity contribution is 5.92. The Morgan fingerprint density at radius 3 is 2.48 bits per heavy atom. The molecule has 110 valence electrons. The summed E-state index contributed by atoms with van der Waals surface area (Å²) in [6, 6.07) is 13.5. The van der Waals surface area contributed by atoms with Crippen LogP contribution in [-0.4, -0.2) is 13.1 Å². The van der Waals surface area contributed by atoms with E-state index in [9.17, 15) is 4.79 Å². The number of nitrogens with one attached hydrogen (secondary N) is 1. The van der Waals surface area contributed by atoms with E-state index in [-0.39, 0.29) is 12.0 Å². The molecule has 0 aromatic heterocycles. The second kappa shape index (κ2) is 6.31. The number of hydrogen-bond acceptors (Lipinski definition) is 4. The minimum Gasteiger partial charge on any atom is -0.465 e. The lowest BCUT2D eigenvalue weighted by Gasteiger charge is -2.18. The van der Waals surface area contributed by atoms with E-state index in [1.54, 1.807) is 18.2 Å². The van der Waals surface area contributed by atoms with Gasteiger partial charge in [0.05, 0.1) is 24.0 Å². The Hall–Kier alpha value is -2.49. The molecule has 2 aromatic rings. The number of esters is 1. The number of aryl methyl sites for hydroxylation is 1. The van der Waals surface area contributed by atoms with Crippen molar-refractivity contribution in [2.24, 2.45) is 0 Å². The summed E-state index contributed by atoms with van der Waals surface area (Å²) in [7, 11) is 1.36. The van der Waals surface area contributed by atoms with Gasteiger partial charge in [-0.2, -0.15) is 0 Å². The highest BCUT2D eigenvalue weighted by Gasteiger charge is 2.11. The van der Waals surface area contributed by atoms with Crippen LogP contribution in [0.1, 0.15) is 34.5 Å². The molecule has 3 N–H and O–H groups in total. The highest BCUT2D eigenvalue weighted by Crippen LogP contribution is 2.26. The van der Waals surface area contributed by atoms with Crippen LogP contribution in [0.2, 0.25) is 0 Å². The van der Waals surface area contributed by atoms with Crippen molar-refractivity contribution in [3.63, 3.8) is 0 Å². The summed E-state index contributed by atoms with van der Waals surface area (Å²) < 4.78 is 4.73. The lowest BCUT2D eigenvalue weighted by molar-refractivity contribution is 0.0601. The molecule has 0 aliphatic heterocycles. The molecule has 0 radical (unpaired) electrons. The van der Waals surface area contributed by atoms with Crippen molar-refractivity contribution in [3.8, 4) is 0 Å². The third-order valence-electron chi connectivity index (χ3n) is 3.42. The predicted molar refractivity (Wildman–Crippen MR) is 85.4 cm³/mol. The van der Waals surface area contributed by atoms with Crippen molar-refractivity contribution in [1.82, 2.24) is 0 Å². The molecule has 0 aliphatic rings. The summed E-state index contributed by atoms with van der Waals surface area (Å²) in [6.07, 6.45) is 0. The monoisotopic (exact) mass is 284 g/mol. The molecule has 0 saturated carbocycles. The van der Waals surface area contributed by atoms with Crippen LogP contribution < -0.4 is 11.1 Å². The van der Waals surface area contributed by atoms with Gasteiger partial charge in [0.15, 0.2) is 0 Å². The molecule has 1 unspecified atom stereocenters. The SMILES string of the molecule is COC(=O)c1ccc(N)c(NC(C)c2ccc(C)cc2)c1. The molecule has 2 aromatic carbocycles. The Morgan fingerprint density at radius 1 is 1.19 bits per heavy atom. The van der Waals surface area contributed by atoms with E-state index >= 15 is 0 Å². The summed E-state index contributed by atoms with van der Waals surface area (Å²) in [6.45, 7) is 4.11. The van der Waals surface area contributed by atoms with Gasteiger partial charge in [-0.25, -0.2) is 4.79 Å². The van der Waals surface area contributed by atoms with E-state index in [1.165, 1.54) is 12.7 Å². The fraction of sp³-hybridized carbons (Fsp3) is 0.235. The highest BCUT2D eigenvalue weighted by atomic mass is 16.5. The quantitative estimate of drug-likeness (QED) is 0.666. The molecule has 0 fully saturated rings. The summed E-state index contributed by atoms with van der Waals surface area (Å²) in [4.78, 5) is 11.6. The van der Waals surface area contributed by atoms with Gasteiger partial charge in [-0.15, -0.1) is 0 Å². The molecule has 21 heavy (non-hydrogen) atoms. The number of nitrogens with two attached hydrogens (primary N) is 1. The molecule has 0 bridgehead atoms. The first kappa shape index (κ1) is 14.9. The smallest absolute Gasteiger partial charge is 0.337 e. The number of carbonyl (C=O) groups excluding carboxylic acids is 1. The van der Waals surface area contributed by atoms with Crippen LogP contribution in [0, 0.1) is 6.92 Å². The number of anilines is 2. The number of benzene rings is 2. The van der Waals surface area contributed by atoms with Crippen LogP contribution >= 0.6 is 0 Å². The number of nitrogen functional groups attached to an aromatic ring is 1. The Morgan fingerprint density at radius 2 is 1.86 bits per heavy atom. The molecular weight excluding hydrogens is 264 g/mol. The number of rotatable bonds is 4. The van der Waals surface area contributed by atoms with Crippen LogP contribution in [0.4, 0.5) is 11.4 Å². The van der Waals surface area contributed by atoms with Crippen molar-refractivity contribution in [2.75, 3.05) is 18.2 Å². The average Bonchev–Trinajstić information content (AvgIpc) is 2.49. The lowest BCUT2D eigenvalue weighted by Crippen LogP contribution is -2.10. The molecule has 1 atom stereocenters. The minimum absolute atomic E-state index is 0.0841. The Kier molecular flexibility index (Phi) is 4.48. The Labute approximate surface area is 124 Å². The number of hydrogen-bond donors (Lipinski definition) is 2. The topological polar surface area (TPSA) is 64.3 Å². The first-order chi connectivity index (χ1) is 10.0. The number of carbonyl (C=O) groups is 1. The maximum Gasteiger partial charge on any atom is 0.337 e. The fourth-order valence-electron chi connectivity index (χ4n) is 2.10. The fourth-order valence-corrected chi connectivity index (χ4v) is 2.10. The van der Waals surface area contributed by atoms with Crippen LogP contribution in [0.3, 0.4) is 0 Å². The Balaban J connectivity index is 2.22. The summed E-state index contributed by atoms with van der Waals surface area (Å²) in [5, 5.41) is 3.33. The van der Waals surface area contributed by atoms with Crippen LogP contribution in [0.25, 0.3) is 0 Å². The molecule has 0 spiro atoms. The van der Waals surface area contributed by atoms with Crippen molar-refractivity contribution in [2.45, 2.75) is 19.9 Å².